The molecule has 2 nitrogen and oxygen atoms in total. The first-order valence-corrected chi connectivity index (χ1v) is 3.82. The topological polar surface area (TPSA) is 38.0 Å². The van der Waals surface area contributed by atoms with Crippen LogP contribution in [0.5, 0.6) is 0 Å². The highest BCUT2D eigenvalue weighted by Gasteiger charge is 2.48. The van der Waals surface area contributed by atoms with Gasteiger partial charge in [0.2, 0.25) is 0 Å². The molecule has 2 aliphatic rings. The molecule has 2 fully saturated rings. The number of rotatable bonds is 1. The second kappa shape index (κ2) is 1.70. The number of nitrogens with one attached hydrogen (secondary N) is 1. The Morgan fingerprint density at radius 3 is 2.78 bits per heavy atom. The van der Waals surface area contributed by atoms with E-state index in [2.05, 4.69) is 5.32 Å². The average molecular weight is 126 g/mol. The minimum atomic E-state index is 0.403. The highest BCUT2D eigenvalue weighted by molar-refractivity contribution is 5.07. The van der Waals surface area contributed by atoms with Gasteiger partial charge >= 0.3 is 0 Å². The molecule has 0 aromatic carbocycles. The van der Waals surface area contributed by atoms with Crippen LogP contribution in [0, 0.1) is 5.92 Å². The fourth-order valence-corrected chi connectivity index (χ4v) is 2.19. The SMILES string of the molecule is NCC12CCC1CCN2. The Labute approximate surface area is 55.8 Å². The van der Waals surface area contributed by atoms with Crippen LogP contribution >= 0.6 is 0 Å². The first-order valence-electron chi connectivity index (χ1n) is 3.82. The van der Waals surface area contributed by atoms with E-state index < -0.39 is 0 Å². The molecule has 1 saturated heterocycles. The smallest absolute Gasteiger partial charge is 0.0332 e. The third-order valence-electron chi connectivity index (χ3n) is 3.05. The number of nitrogens with two attached hydrogens (primary N) is 1. The van der Waals surface area contributed by atoms with Crippen LogP contribution in [0.1, 0.15) is 19.3 Å². The average Bonchev–Trinajstić information content (AvgIpc) is 2.10. The fourth-order valence-electron chi connectivity index (χ4n) is 2.19. The van der Waals surface area contributed by atoms with Gasteiger partial charge in [0.05, 0.1) is 0 Å². The van der Waals surface area contributed by atoms with E-state index in [1.54, 1.807) is 0 Å². The van der Waals surface area contributed by atoms with Gasteiger partial charge in [-0.25, -0.2) is 0 Å². The van der Waals surface area contributed by atoms with Crippen molar-refractivity contribution in [2.45, 2.75) is 24.8 Å². The molecule has 1 saturated carbocycles. The molecule has 0 radical (unpaired) electrons. The molecule has 0 aromatic rings. The predicted octanol–water partition coefficient (Wildman–Crippen LogP) is 0.0872. The molecule has 2 rings (SSSR count). The number of fused-ring (bicyclic) bond motifs is 1. The molecule has 2 heteroatoms. The van der Waals surface area contributed by atoms with E-state index in [0.717, 1.165) is 12.5 Å². The molecule has 52 valence electrons. The second-order valence-corrected chi connectivity index (χ2v) is 3.31. The summed E-state index contributed by atoms with van der Waals surface area (Å²) < 4.78 is 0. The quantitative estimate of drug-likeness (QED) is 0.522. The van der Waals surface area contributed by atoms with Crippen LogP contribution in [0.3, 0.4) is 0 Å². The van der Waals surface area contributed by atoms with Gasteiger partial charge in [0, 0.05) is 12.1 Å². The maximum absolute atomic E-state index is 5.65. The van der Waals surface area contributed by atoms with Gasteiger partial charge in [-0.2, -0.15) is 0 Å². The summed E-state index contributed by atoms with van der Waals surface area (Å²) in [5, 5.41) is 3.49. The van der Waals surface area contributed by atoms with Crippen molar-refractivity contribution in [3.05, 3.63) is 0 Å². The first kappa shape index (κ1) is 5.69. The van der Waals surface area contributed by atoms with E-state index in [4.69, 9.17) is 5.73 Å². The molecule has 2 atom stereocenters. The van der Waals surface area contributed by atoms with Crippen molar-refractivity contribution in [1.29, 1.82) is 0 Å². The zero-order valence-electron chi connectivity index (χ0n) is 5.69. The fraction of sp³-hybridized carbons (Fsp3) is 1.00. The molecule has 0 amide bonds. The highest BCUT2D eigenvalue weighted by Crippen LogP contribution is 2.43. The molecule has 3 N–H and O–H groups in total. The van der Waals surface area contributed by atoms with Gasteiger partial charge in [-0.05, 0) is 31.7 Å². The zero-order chi connectivity index (χ0) is 6.32. The summed E-state index contributed by atoms with van der Waals surface area (Å²) >= 11 is 0. The van der Waals surface area contributed by atoms with Crippen LogP contribution in [0.2, 0.25) is 0 Å². The Kier molecular flexibility index (Phi) is 1.08. The number of hydrogen-bond acceptors (Lipinski definition) is 2. The van der Waals surface area contributed by atoms with Gasteiger partial charge in [-0.15, -0.1) is 0 Å². The normalized spacial score (nSPS) is 48.3. The van der Waals surface area contributed by atoms with Crippen molar-refractivity contribution < 1.29 is 0 Å². The summed E-state index contributed by atoms with van der Waals surface area (Å²) in [6.45, 7) is 2.04. The van der Waals surface area contributed by atoms with Crippen LogP contribution < -0.4 is 11.1 Å². The monoisotopic (exact) mass is 126 g/mol. The Bertz CT molecular complexity index is 120. The lowest BCUT2D eigenvalue weighted by Crippen LogP contribution is -2.57. The van der Waals surface area contributed by atoms with Crippen LogP contribution in [-0.4, -0.2) is 18.6 Å². The second-order valence-electron chi connectivity index (χ2n) is 3.31. The van der Waals surface area contributed by atoms with Crippen LogP contribution in [0.15, 0.2) is 0 Å². The molecule has 9 heavy (non-hydrogen) atoms. The molecule has 2 unspecified atom stereocenters. The van der Waals surface area contributed by atoms with E-state index in [0.29, 0.717) is 5.54 Å². The Morgan fingerprint density at radius 2 is 2.44 bits per heavy atom. The summed E-state index contributed by atoms with van der Waals surface area (Å²) in [6, 6.07) is 0. The zero-order valence-corrected chi connectivity index (χ0v) is 5.69. The van der Waals surface area contributed by atoms with Gasteiger partial charge in [-0.3, -0.25) is 0 Å². The molecule has 1 heterocycles. The Hall–Kier alpha value is -0.0800. The van der Waals surface area contributed by atoms with Gasteiger partial charge in [0.25, 0.3) is 0 Å². The van der Waals surface area contributed by atoms with Crippen LogP contribution in [0.25, 0.3) is 0 Å². The standard InChI is InChI=1S/C7H14N2/c8-5-7-3-1-6(7)2-4-9-7/h6,9H,1-5,8H2. The first-order chi connectivity index (χ1) is 4.37. The molecule has 0 bridgehead atoms. The van der Waals surface area contributed by atoms with Gasteiger partial charge in [0.15, 0.2) is 0 Å². The lowest BCUT2D eigenvalue weighted by atomic mass is 9.68. The molecule has 0 spiro atoms. The van der Waals surface area contributed by atoms with Gasteiger partial charge < -0.3 is 11.1 Å². The Morgan fingerprint density at radius 1 is 1.56 bits per heavy atom. The maximum atomic E-state index is 5.65. The molecule has 1 aliphatic carbocycles. The third-order valence-corrected chi connectivity index (χ3v) is 3.05. The van der Waals surface area contributed by atoms with E-state index >= 15 is 0 Å². The summed E-state index contributed by atoms with van der Waals surface area (Å²) in [5.74, 6) is 0.919. The van der Waals surface area contributed by atoms with Gasteiger partial charge in [-0.1, -0.05) is 0 Å². The van der Waals surface area contributed by atoms with E-state index in [1.165, 1.54) is 25.8 Å². The summed E-state index contributed by atoms with van der Waals surface area (Å²) in [4.78, 5) is 0. The largest absolute Gasteiger partial charge is 0.329 e. The summed E-state index contributed by atoms with van der Waals surface area (Å²) in [7, 11) is 0. The minimum absolute atomic E-state index is 0.403. The molecular weight excluding hydrogens is 112 g/mol. The number of hydrogen-bond donors (Lipinski definition) is 2. The lowest BCUT2D eigenvalue weighted by molar-refractivity contribution is 0.145. The Balaban J connectivity index is 2.10. The van der Waals surface area contributed by atoms with Crippen LogP contribution in [-0.2, 0) is 0 Å². The van der Waals surface area contributed by atoms with Crippen LogP contribution in [0.4, 0.5) is 0 Å². The van der Waals surface area contributed by atoms with Crippen molar-refractivity contribution in [1.82, 2.24) is 5.32 Å². The van der Waals surface area contributed by atoms with E-state index in [-0.39, 0.29) is 0 Å². The van der Waals surface area contributed by atoms with E-state index in [1.807, 2.05) is 0 Å². The predicted molar refractivity (Wildman–Crippen MR) is 37.1 cm³/mol. The van der Waals surface area contributed by atoms with Crippen molar-refractivity contribution in [2.75, 3.05) is 13.1 Å². The summed E-state index contributed by atoms with van der Waals surface area (Å²) in [5.41, 5.74) is 6.05. The molecule has 0 aromatic heterocycles. The van der Waals surface area contributed by atoms with Crippen molar-refractivity contribution in [2.24, 2.45) is 11.7 Å². The van der Waals surface area contributed by atoms with Gasteiger partial charge in [0.1, 0.15) is 0 Å². The summed E-state index contributed by atoms with van der Waals surface area (Å²) in [6.07, 6.45) is 4.08. The van der Waals surface area contributed by atoms with E-state index in [9.17, 15) is 0 Å². The van der Waals surface area contributed by atoms with Crippen molar-refractivity contribution in [3.63, 3.8) is 0 Å². The van der Waals surface area contributed by atoms with Crippen molar-refractivity contribution in [3.8, 4) is 0 Å². The third kappa shape index (κ3) is 0.578. The maximum Gasteiger partial charge on any atom is 0.0332 e. The highest BCUT2D eigenvalue weighted by atomic mass is 15.1. The lowest BCUT2D eigenvalue weighted by Gasteiger charge is -2.44. The molecule has 1 aliphatic heterocycles. The molecular formula is C7H14N2. The van der Waals surface area contributed by atoms with Crippen molar-refractivity contribution >= 4 is 0 Å². The minimum Gasteiger partial charge on any atom is -0.329 e.